The maximum atomic E-state index is 12.9. The van der Waals surface area contributed by atoms with E-state index >= 15 is 0 Å². The second kappa shape index (κ2) is 8.02. The summed E-state index contributed by atoms with van der Waals surface area (Å²) in [5.74, 6) is 2.25. The lowest BCUT2D eigenvalue weighted by molar-refractivity contribution is 0.191. The van der Waals surface area contributed by atoms with Crippen LogP contribution in [0.4, 0.5) is 9.18 Å². The number of benzene rings is 1. The molecular weight excluding hydrogens is 313 g/mol. The lowest BCUT2D eigenvalue weighted by Gasteiger charge is -2.26. The van der Waals surface area contributed by atoms with E-state index in [0.29, 0.717) is 12.6 Å². The molecule has 3 rings (SSSR count). The Balaban J connectivity index is 1.46. The monoisotopic (exact) mass is 337 g/mol. The highest BCUT2D eigenvalue weighted by Gasteiger charge is 2.26. The van der Waals surface area contributed by atoms with E-state index in [1.54, 1.807) is 12.1 Å². The van der Waals surface area contributed by atoms with Crippen molar-refractivity contribution in [2.75, 3.05) is 37.7 Å². The average molecular weight is 337 g/mol. The summed E-state index contributed by atoms with van der Waals surface area (Å²) in [6, 6.07) is 6.93. The summed E-state index contributed by atoms with van der Waals surface area (Å²) in [6.07, 6.45) is 2.31. The molecule has 2 heterocycles. The van der Waals surface area contributed by atoms with Gasteiger partial charge in [0.2, 0.25) is 0 Å². The minimum atomic E-state index is -0.252. The molecule has 2 amide bonds. The molecule has 0 aromatic heterocycles. The Kier molecular flexibility index (Phi) is 5.78. The highest BCUT2D eigenvalue weighted by atomic mass is 32.2. The summed E-state index contributed by atoms with van der Waals surface area (Å²) in [5, 5.41) is 2.94. The lowest BCUT2D eigenvalue weighted by Crippen LogP contribution is -2.43. The van der Waals surface area contributed by atoms with E-state index in [0.717, 1.165) is 38.2 Å². The SMILES string of the molecule is O=C(NCc1ccc(F)cc1)N1CCCN(C2CCSC2)CC1. The second-order valence-electron chi connectivity index (χ2n) is 6.18. The molecule has 2 aliphatic rings. The maximum Gasteiger partial charge on any atom is 0.317 e. The first-order chi connectivity index (χ1) is 11.2. The predicted molar refractivity (Wildman–Crippen MR) is 92.1 cm³/mol. The maximum absolute atomic E-state index is 12.9. The number of thioether (sulfide) groups is 1. The van der Waals surface area contributed by atoms with E-state index in [4.69, 9.17) is 0 Å². The summed E-state index contributed by atoms with van der Waals surface area (Å²) in [4.78, 5) is 16.8. The Morgan fingerprint density at radius 1 is 1.22 bits per heavy atom. The Bertz CT molecular complexity index is 519. The number of carbonyl (C=O) groups is 1. The average Bonchev–Trinajstić information content (AvgIpc) is 2.98. The van der Waals surface area contributed by atoms with Crippen molar-refractivity contribution in [1.82, 2.24) is 15.1 Å². The Hall–Kier alpha value is -1.27. The minimum Gasteiger partial charge on any atom is -0.334 e. The third kappa shape index (κ3) is 4.61. The number of hydrogen-bond donors (Lipinski definition) is 1. The zero-order valence-electron chi connectivity index (χ0n) is 13.3. The minimum absolute atomic E-state index is 0.0167. The van der Waals surface area contributed by atoms with Crippen molar-refractivity contribution in [1.29, 1.82) is 0 Å². The zero-order chi connectivity index (χ0) is 16.1. The Morgan fingerprint density at radius 2 is 2.04 bits per heavy atom. The van der Waals surface area contributed by atoms with Crippen molar-refractivity contribution in [3.63, 3.8) is 0 Å². The first kappa shape index (κ1) is 16.6. The molecule has 2 aliphatic heterocycles. The fourth-order valence-electron chi connectivity index (χ4n) is 3.21. The smallest absolute Gasteiger partial charge is 0.317 e. The van der Waals surface area contributed by atoms with Crippen molar-refractivity contribution in [2.45, 2.75) is 25.4 Å². The van der Waals surface area contributed by atoms with Gasteiger partial charge in [-0.05, 0) is 36.3 Å². The normalized spacial score (nSPS) is 22.8. The van der Waals surface area contributed by atoms with Crippen molar-refractivity contribution in [2.24, 2.45) is 0 Å². The highest BCUT2D eigenvalue weighted by molar-refractivity contribution is 7.99. The van der Waals surface area contributed by atoms with Crippen molar-refractivity contribution < 1.29 is 9.18 Å². The van der Waals surface area contributed by atoms with E-state index in [1.807, 2.05) is 16.7 Å². The number of carbonyl (C=O) groups excluding carboxylic acids is 1. The molecule has 0 aliphatic carbocycles. The van der Waals surface area contributed by atoms with Crippen LogP contribution in [0.25, 0.3) is 0 Å². The van der Waals surface area contributed by atoms with Gasteiger partial charge in [-0.3, -0.25) is 4.90 Å². The first-order valence-corrected chi connectivity index (χ1v) is 9.47. The molecule has 0 saturated carbocycles. The van der Waals surface area contributed by atoms with E-state index in [9.17, 15) is 9.18 Å². The molecule has 2 fully saturated rings. The predicted octanol–water partition coefficient (Wildman–Crippen LogP) is 2.55. The molecule has 1 N–H and O–H groups in total. The molecule has 126 valence electrons. The molecule has 1 unspecified atom stereocenters. The topological polar surface area (TPSA) is 35.6 Å². The number of nitrogens with zero attached hydrogens (tertiary/aromatic N) is 2. The van der Waals surface area contributed by atoms with Gasteiger partial charge in [-0.15, -0.1) is 0 Å². The van der Waals surface area contributed by atoms with Crippen LogP contribution in [0.15, 0.2) is 24.3 Å². The van der Waals surface area contributed by atoms with Crippen LogP contribution in [0.2, 0.25) is 0 Å². The quantitative estimate of drug-likeness (QED) is 0.921. The number of nitrogens with one attached hydrogen (secondary N) is 1. The molecule has 2 saturated heterocycles. The summed E-state index contributed by atoms with van der Waals surface area (Å²) in [7, 11) is 0. The fourth-order valence-corrected chi connectivity index (χ4v) is 4.46. The van der Waals surface area contributed by atoms with Crippen LogP contribution in [0.3, 0.4) is 0 Å². The van der Waals surface area contributed by atoms with Gasteiger partial charge in [-0.2, -0.15) is 11.8 Å². The van der Waals surface area contributed by atoms with Gasteiger partial charge >= 0.3 is 6.03 Å². The van der Waals surface area contributed by atoms with Crippen LogP contribution in [-0.4, -0.2) is 59.6 Å². The third-order valence-corrected chi connectivity index (χ3v) is 5.74. The van der Waals surface area contributed by atoms with E-state index in [-0.39, 0.29) is 11.8 Å². The number of amides is 2. The molecule has 4 nitrogen and oxygen atoms in total. The third-order valence-electron chi connectivity index (χ3n) is 4.60. The van der Waals surface area contributed by atoms with Crippen LogP contribution >= 0.6 is 11.8 Å². The van der Waals surface area contributed by atoms with Crippen molar-refractivity contribution in [3.8, 4) is 0 Å². The fraction of sp³-hybridized carbons (Fsp3) is 0.588. The van der Waals surface area contributed by atoms with Gasteiger partial charge in [0.1, 0.15) is 5.82 Å². The second-order valence-corrected chi connectivity index (χ2v) is 7.33. The van der Waals surface area contributed by atoms with Gasteiger partial charge in [-0.25, -0.2) is 9.18 Å². The van der Waals surface area contributed by atoms with Gasteiger partial charge in [-0.1, -0.05) is 12.1 Å². The van der Waals surface area contributed by atoms with E-state index in [2.05, 4.69) is 10.2 Å². The molecular formula is C17H24FN3OS. The van der Waals surface area contributed by atoms with E-state index < -0.39 is 0 Å². The number of hydrogen-bond acceptors (Lipinski definition) is 3. The summed E-state index contributed by atoms with van der Waals surface area (Å²) < 4.78 is 12.9. The highest BCUT2D eigenvalue weighted by Crippen LogP contribution is 2.23. The number of urea groups is 1. The molecule has 0 bridgehead atoms. The standard InChI is InChI=1S/C17H24FN3OS/c18-15-4-2-14(3-5-15)12-19-17(22)21-8-1-7-20(9-10-21)16-6-11-23-13-16/h2-5,16H,1,6-13H2,(H,19,22). The van der Waals surface area contributed by atoms with E-state index in [1.165, 1.54) is 30.1 Å². The van der Waals surface area contributed by atoms with Crippen molar-refractivity contribution >= 4 is 17.8 Å². The lowest BCUT2D eigenvalue weighted by atomic mass is 10.2. The van der Waals surface area contributed by atoms with Crippen LogP contribution in [-0.2, 0) is 6.54 Å². The summed E-state index contributed by atoms with van der Waals surface area (Å²) >= 11 is 2.04. The molecule has 6 heteroatoms. The van der Waals surface area contributed by atoms with Gasteiger partial charge < -0.3 is 10.2 Å². The Labute approximate surface area is 141 Å². The first-order valence-electron chi connectivity index (χ1n) is 8.31. The van der Waals surface area contributed by atoms with Crippen LogP contribution < -0.4 is 5.32 Å². The van der Waals surface area contributed by atoms with Crippen LogP contribution in [0.1, 0.15) is 18.4 Å². The van der Waals surface area contributed by atoms with Gasteiger partial charge in [0.05, 0.1) is 0 Å². The summed E-state index contributed by atoms with van der Waals surface area (Å²) in [6.45, 7) is 4.10. The molecule has 23 heavy (non-hydrogen) atoms. The zero-order valence-corrected chi connectivity index (χ0v) is 14.2. The number of halogens is 1. The molecule has 1 aromatic carbocycles. The van der Waals surface area contributed by atoms with Gasteiger partial charge in [0, 0.05) is 44.5 Å². The van der Waals surface area contributed by atoms with Gasteiger partial charge in [0.15, 0.2) is 0 Å². The molecule has 0 radical (unpaired) electrons. The van der Waals surface area contributed by atoms with Crippen molar-refractivity contribution in [3.05, 3.63) is 35.6 Å². The molecule has 1 aromatic rings. The summed E-state index contributed by atoms with van der Waals surface area (Å²) in [5.41, 5.74) is 0.916. The Morgan fingerprint density at radius 3 is 2.78 bits per heavy atom. The largest absolute Gasteiger partial charge is 0.334 e. The molecule has 1 atom stereocenters. The molecule has 0 spiro atoms. The van der Waals surface area contributed by atoms with Crippen LogP contribution in [0, 0.1) is 5.82 Å². The van der Waals surface area contributed by atoms with Gasteiger partial charge in [0.25, 0.3) is 0 Å². The number of rotatable bonds is 3. The van der Waals surface area contributed by atoms with Crippen LogP contribution in [0.5, 0.6) is 0 Å².